The molecule has 3 aromatic heterocycles. The summed E-state index contributed by atoms with van der Waals surface area (Å²) in [6.45, 7) is -0.161. The number of hydrogen-bond acceptors (Lipinski definition) is 7. The minimum Gasteiger partial charge on any atom is -0.496 e. The highest BCUT2D eigenvalue weighted by atomic mass is 35.5. The third-order valence-electron chi connectivity index (χ3n) is 4.05. The summed E-state index contributed by atoms with van der Waals surface area (Å²) in [7, 11) is 1.56. The Hall–Kier alpha value is -3.65. The highest BCUT2D eigenvalue weighted by molar-refractivity contribution is 6.31. The van der Waals surface area contributed by atoms with Gasteiger partial charge in [0.1, 0.15) is 11.4 Å². The van der Waals surface area contributed by atoms with Crippen LogP contribution in [-0.4, -0.2) is 32.6 Å². The zero-order valence-corrected chi connectivity index (χ0v) is 16.0. The second-order valence-electron chi connectivity index (χ2n) is 5.87. The molecular formula is C20H15ClN4O4. The molecule has 29 heavy (non-hydrogen) atoms. The van der Waals surface area contributed by atoms with Crippen LogP contribution in [-0.2, 0) is 16.1 Å². The summed E-state index contributed by atoms with van der Waals surface area (Å²) in [5.74, 6) is 0.552. The van der Waals surface area contributed by atoms with Gasteiger partial charge >= 0.3 is 5.97 Å². The van der Waals surface area contributed by atoms with Gasteiger partial charge in [-0.15, -0.1) is 0 Å². The summed E-state index contributed by atoms with van der Waals surface area (Å²) >= 11 is 6.13. The van der Waals surface area contributed by atoms with E-state index in [9.17, 15) is 4.79 Å². The lowest BCUT2D eigenvalue weighted by Crippen LogP contribution is -2.01. The van der Waals surface area contributed by atoms with Gasteiger partial charge in [-0.1, -0.05) is 35.0 Å². The predicted octanol–water partition coefficient (Wildman–Crippen LogP) is 3.80. The van der Waals surface area contributed by atoms with Gasteiger partial charge in [0.05, 0.1) is 18.4 Å². The molecule has 0 saturated carbocycles. The zero-order chi connectivity index (χ0) is 20.2. The Morgan fingerprint density at radius 2 is 2.03 bits per heavy atom. The lowest BCUT2D eigenvalue weighted by atomic mass is 10.2. The maximum absolute atomic E-state index is 12.0. The van der Waals surface area contributed by atoms with Crippen LogP contribution in [0.5, 0.6) is 5.75 Å². The fourth-order valence-electron chi connectivity index (χ4n) is 2.72. The van der Waals surface area contributed by atoms with E-state index in [0.717, 1.165) is 0 Å². The number of fused-ring (bicyclic) bond motifs is 1. The zero-order valence-electron chi connectivity index (χ0n) is 15.3. The minimum absolute atomic E-state index is 0.161. The van der Waals surface area contributed by atoms with E-state index in [0.29, 0.717) is 33.6 Å². The number of rotatable bonds is 6. The van der Waals surface area contributed by atoms with Crippen molar-refractivity contribution in [1.29, 1.82) is 0 Å². The molecule has 0 N–H and O–H groups in total. The maximum atomic E-state index is 12.0. The lowest BCUT2D eigenvalue weighted by molar-refractivity contribution is -0.139. The van der Waals surface area contributed by atoms with Crippen molar-refractivity contribution >= 4 is 29.3 Å². The Bertz CT molecular complexity index is 1200. The summed E-state index contributed by atoms with van der Waals surface area (Å²) in [4.78, 5) is 20.5. The van der Waals surface area contributed by atoms with Crippen LogP contribution in [0.2, 0.25) is 5.15 Å². The first-order valence-corrected chi connectivity index (χ1v) is 8.97. The molecule has 0 aliphatic rings. The van der Waals surface area contributed by atoms with Crippen LogP contribution in [0.3, 0.4) is 0 Å². The molecule has 0 atom stereocenters. The summed E-state index contributed by atoms with van der Waals surface area (Å²) in [5.41, 5.74) is 1.94. The number of carbonyl (C=O) groups is 1. The summed E-state index contributed by atoms with van der Waals surface area (Å²) in [6.07, 6.45) is 4.61. The van der Waals surface area contributed by atoms with Crippen LogP contribution in [0.15, 0.2) is 59.3 Å². The number of hydrogen-bond donors (Lipinski definition) is 0. The van der Waals surface area contributed by atoms with E-state index in [1.54, 1.807) is 29.8 Å². The second-order valence-corrected chi connectivity index (χ2v) is 6.23. The quantitative estimate of drug-likeness (QED) is 0.352. The number of esters is 1. The predicted molar refractivity (Wildman–Crippen MR) is 105 cm³/mol. The number of ether oxygens (including phenoxy) is 2. The normalized spacial score (nSPS) is 11.2. The number of imidazole rings is 1. The molecule has 0 radical (unpaired) electrons. The van der Waals surface area contributed by atoms with E-state index in [1.807, 2.05) is 36.4 Å². The molecule has 0 bridgehead atoms. The molecular weight excluding hydrogens is 396 g/mol. The van der Waals surface area contributed by atoms with Crippen LogP contribution in [0.1, 0.15) is 11.6 Å². The van der Waals surface area contributed by atoms with Crippen LogP contribution in [0, 0.1) is 0 Å². The maximum Gasteiger partial charge on any atom is 0.331 e. The van der Waals surface area contributed by atoms with E-state index in [4.69, 9.17) is 25.6 Å². The van der Waals surface area contributed by atoms with Crippen LogP contribution >= 0.6 is 11.6 Å². The molecule has 0 unspecified atom stereocenters. The highest BCUT2D eigenvalue weighted by Gasteiger charge is 2.14. The topological polar surface area (TPSA) is 91.8 Å². The molecule has 4 aromatic rings. The van der Waals surface area contributed by atoms with Gasteiger partial charge in [-0.2, -0.15) is 4.98 Å². The first-order valence-electron chi connectivity index (χ1n) is 8.59. The third-order valence-corrected chi connectivity index (χ3v) is 4.33. The number of halogens is 1. The molecule has 0 spiro atoms. The fourth-order valence-corrected chi connectivity index (χ4v) is 2.96. The molecule has 8 nitrogen and oxygen atoms in total. The van der Waals surface area contributed by atoms with Crippen molar-refractivity contribution in [3.8, 4) is 17.1 Å². The number of para-hydroxylation sites is 1. The van der Waals surface area contributed by atoms with Gasteiger partial charge in [0.25, 0.3) is 5.89 Å². The number of aromatic nitrogens is 4. The monoisotopic (exact) mass is 410 g/mol. The van der Waals surface area contributed by atoms with Crippen molar-refractivity contribution in [3.63, 3.8) is 0 Å². The third kappa shape index (κ3) is 3.97. The number of carbonyl (C=O) groups excluding carboxylic acids is 1. The van der Waals surface area contributed by atoms with E-state index in [2.05, 4.69) is 15.1 Å². The fraction of sp³-hybridized carbons (Fsp3) is 0.100. The summed E-state index contributed by atoms with van der Waals surface area (Å²) in [5, 5.41) is 4.19. The van der Waals surface area contributed by atoms with Crippen molar-refractivity contribution < 1.29 is 18.8 Å². The first-order chi connectivity index (χ1) is 14.2. The summed E-state index contributed by atoms with van der Waals surface area (Å²) in [6, 6.07) is 12.8. The molecule has 0 aliphatic heterocycles. The van der Waals surface area contributed by atoms with Gasteiger partial charge < -0.3 is 14.0 Å². The van der Waals surface area contributed by atoms with Crippen molar-refractivity contribution in [1.82, 2.24) is 19.5 Å². The van der Waals surface area contributed by atoms with Crippen molar-refractivity contribution in [2.75, 3.05) is 7.11 Å². The standard InChI is InChI=1S/C20H15ClN4O4/c1-27-15-7-3-2-6-13(15)20-23-17(29-24-20)12-28-18(26)10-9-14-19(21)22-16-8-4-5-11-25(14)16/h2-11H,12H2,1H3/b10-9+. The molecule has 0 aliphatic carbocycles. The Morgan fingerprint density at radius 1 is 1.21 bits per heavy atom. The second kappa shape index (κ2) is 8.15. The van der Waals surface area contributed by atoms with Crippen LogP contribution in [0.4, 0.5) is 0 Å². The van der Waals surface area contributed by atoms with Crippen molar-refractivity contribution in [2.24, 2.45) is 0 Å². The lowest BCUT2D eigenvalue weighted by Gasteiger charge is -2.03. The average molecular weight is 411 g/mol. The largest absolute Gasteiger partial charge is 0.496 e. The Morgan fingerprint density at radius 3 is 2.90 bits per heavy atom. The van der Waals surface area contributed by atoms with E-state index >= 15 is 0 Å². The Kier molecular flexibility index (Phi) is 5.26. The average Bonchev–Trinajstić information content (AvgIpc) is 3.34. The molecule has 0 fully saturated rings. The van der Waals surface area contributed by atoms with Crippen LogP contribution in [0.25, 0.3) is 23.1 Å². The van der Waals surface area contributed by atoms with E-state index in [1.165, 1.54) is 6.08 Å². The number of nitrogens with zero attached hydrogens (tertiary/aromatic N) is 4. The molecule has 0 saturated heterocycles. The molecule has 4 rings (SSSR count). The van der Waals surface area contributed by atoms with Crippen molar-refractivity contribution in [3.05, 3.63) is 71.5 Å². The number of pyridine rings is 1. The van der Waals surface area contributed by atoms with Gasteiger partial charge in [-0.05, 0) is 30.3 Å². The van der Waals surface area contributed by atoms with Crippen LogP contribution < -0.4 is 4.74 Å². The van der Waals surface area contributed by atoms with E-state index in [-0.39, 0.29) is 12.5 Å². The van der Waals surface area contributed by atoms with Gasteiger partial charge in [-0.25, -0.2) is 9.78 Å². The molecule has 9 heteroatoms. The Labute approximate surface area is 170 Å². The SMILES string of the molecule is COc1ccccc1-c1noc(COC(=O)/C=C/c2c(Cl)nc3ccccn23)n1. The number of methoxy groups -OCH3 is 1. The van der Waals surface area contributed by atoms with Gasteiger partial charge in [-0.3, -0.25) is 4.40 Å². The molecule has 0 amide bonds. The van der Waals surface area contributed by atoms with Gasteiger partial charge in [0, 0.05) is 12.3 Å². The highest BCUT2D eigenvalue weighted by Crippen LogP contribution is 2.27. The number of benzene rings is 1. The smallest absolute Gasteiger partial charge is 0.331 e. The summed E-state index contributed by atoms with van der Waals surface area (Å²) < 4.78 is 17.3. The first kappa shape index (κ1) is 18.7. The Balaban J connectivity index is 1.42. The molecule has 3 heterocycles. The van der Waals surface area contributed by atoms with Gasteiger partial charge in [0.2, 0.25) is 5.82 Å². The molecule has 1 aromatic carbocycles. The molecule has 146 valence electrons. The van der Waals surface area contributed by atoms with Gasteiger partial charge in [0.15, 0.2) is 11.8 Å². The van der Waals surface area contributed by atoms with Crippen molar-refractivity contribution in [2.45, 2.75) is 6.61 Å². The van der Waals surface area contributed by atoms with E-state index < -0.39 is 5.97 Å². The minimum atomic E-state index is -0.580.